The maximum Gasteiger partial charge on any atom is 0.414 e. The molecule has 152 valence electrons. The molecule has 0 aliphatic carbocycles. The lowest BCUT2D eigenvalue weighted by Gasteiger charge is -2.09. The zero-order valence-corrected chi connectivity index (χ0v) is 16.2. The van der Waals surface area contributed by atoms with Crippen LogP contribution in [0.3, 0.4) is 0 Å². The van der Waals surface area contributed by atoms with E-state index >= 15 is 0 Å². The summed E-state index contributed by atoms with van der Waals surface area (Å²) in [4.78, 5) is 21.4. The fourth-order valence-corrected chi connectivity index (χ4v) is 2.68. The Morgan fingerprint density at radius 3 is 2.60 bits per heavy atom. The highest BCUT2D eigenvalue weighted by atomic mass is 19.1. The van der Waals surface area contributed by atoms with Crippen LogP contribution in [0.25, 0.3) is 22.9 Å². The highest BCUT2D eigenvalue weighted by molar-refractivity contribution is 5.70. The third kappa shape index (κ3) is 4.02. The Balaban J connectivity index is 1.66. The average molecular weight is 408 g/mol. The number of amides is 1. The van der Waals surface area contributed by atoms with Crippen molar-refractivity contribution in [2.45, 2.75) is 6.54 Å². The molecular weight excluding hydrogens is 391 g/mol. The van der Waals surface area contributed by atoms with E-state index in [1.165, 1.54) is 29.6 Å². The summed E-state index contributed by atoms with van der Waals surface area (Å²) in [6.07, 6.45) is 3.68. The minimum absolute atomic E-state index is 0.188. The number of halogens is 1. The van der Waals surface area contributed by atoms with Gasteiger partial charge >= 0.3 is 6.09 Å². The third-order valence-electron chi connectivity index (χ3n) is 4.19. The van der Waals surface area contributed by atoms with E-state index in [2.05, 4.69) is 20.2 Å². The van der Waals surface area contributed by atoms with Gasteiger partial charge in [-0.05, 0) is 12.1 Å². The molecule has 3 heterocycles. The Labute approximate surface area is 170 Å². The van der Waals surface area contributed by atoms with Gasteiger partial charge in [0.05, 0.1) is 24.6 Å². The summed E-state index contributed by atoms with van der Waals surface area (Å²) in [6, 6.07) is 9.89. The van der Waals surface area contributed by atoms with Crippen molar-refractivity contribution in [3.8, 4) is 28.7 Å². The molecule has 0 spiro atoms. The van der Waals surface area contributed by atoms with Crippen LogP contribution in [0.4, 0.5) is 9.18 Å². The minimum Gasteiger partial charge on any atom is -0.407 e. The van der Waals surface area contributed by atoms with Gasteiger partial charge in [0.25, 0.3) is 0 Å². The van der Waals surface area contributed by atoms with Crippen LogP contribution < -0.4 is 4.74 Å². The summed E-state index contributed by atoms with van der Waals surface area (Å²) in [5.74, 6) is 0.195. The molecule has 10 heteroatoms. The van der Waals surface area contributed by atoms with Crippen molar-refractivity contribution >= 4 is 6.09 Å². The van der Waals surface area contributed by atoms with Crippen LogP contribution in [0.1, 0.15) is 5.56 Å². The minimum atomic E-state index is -0.533. The second-order valence-electron chi connectivity index (χ2n) is 6.55. The number of benzene rings is 1. The predicted octanol–water partition coefficient (Wildman–Crippen LogP) is 3.24. The Hall–Kier alpha value is -4.08. The lowest BCUT2D eigenvalue weighted by Crippen LogP contribution is -2.25. The zero-order valence-electron chi connectivity index (χ0n) is 16.2. The molecule has 0 unspecified atom stereocenters. The van der Waals surface area contributed by atoms with Crippen molar-refractivity contribution in [3.05, 3.63) is 66.4 Å². The Morgan fingerprint density at radius 2 is 1.93 bits per heavy atom. The molecule has 0 radical (unpaired) electrons. The van der Waals surface area contributed by atoms with Crippen molar-refractivity contribution in [1.82, 2.24) is 29.8 Å². The molecule has 4 aromatic rings. The van der Waals surface area contributed by atoms with Crippen LogP contribution in [0, 0.1) is 5.82 Å². The van der Waals surface area contributed by atoms with E-state index in [4.69, 9.17) is 9.26 Å². The van der Waals surface area contributed by atoms with Crippen molar-refractivity contribution < 1.29 is 18.4 Å². The number of ether oxygens (including phenoxy) is 1. The van der Waals surface area contributed by atoms with Crippen LogP contribution in [0.15, 0.2) is 59.6 Å². The molecule has 3 aromatic heterocycles. The first-order valence-electron chi connectivity index (χ1n) is 8.95. The Kier molecular flexibility index (Phi) is 5.21. The molecule has 0 bridgehead atoms. The monoisotopic (exact) mass is 408 g/mol. The molecule has 0 aliphatic rings. The van der Waals surface area contributed by atoms with E-state index in [0.717, 1.165) is 0 Å². The molecule has 0 aliphatic heterocycles. The lowest BCUT2D eigenvalue weighted by atomic mass is 10.2. The Morgan fingerprint density at radius 1 is 1.17 bits per heavy atom. The summed E-state index contributed by atoms with van der Waals surface area (Å²) >= 11 is 0. The largest absolute Gasteiger partial charge is 0.414 e. The van der Waals surface area contributed by atoms with Gasteiger partial charge in [-0.15, -0.1) is 0 Å². The van der Waals surface area contributed by atoms with Crippen LogP contribution in [0.2, 0.25) is 0 Å². The molecule has 1 amide bonds. The second-order valence-corrected chi connectivity index (χ2v) is 6.55. The molecule has 0 atom stereocenters. The molecule has 30 heavy (non-hydrogen) atoms. The van der Waals surface area contributed by atoms with E-state index < -0.39 is 6.09 Å². The number of rotatable bonds is 5. The SMILES string of the molecule is CN(C)C(=O)Oc1cnc(-c2cc(-c3ccon3)n(Cc3ccccc3F)n2)nc1. The highest BCUT2D eigenvalue weighted by Crippen LogP contribution is 2.25. The maximum absolute atomic E-state index is 14.1. The fourth-order valence-electron chi connectivity index (χ4n) is 2.68. The smallest absolute Gasteiger partial charge is 0.407 e. The van der Waals surface area contributed by atoms with Crippen LogP contribution in [-0.2, 0) is 6.54 Å². The standard InChI is InChI=1S/C20H17FN6O3/c1-26(2)20(28)30-14-10-22-19(23-11-14)17-9-18(16-7-8-29-25-16)27(24-17)12-13-5-3-4-6-15(13)21/h3-11H,12H2,1-2H3. The van der Waals surface area contributed by atoms with Gasteiger partial charge in [0, 0.05) is 25.7 Å². The zero-order chi connectivity index (χ0) is 21.1. The quantitative estimate of drug-likeness (QED) is 0.500. The molecule has 9 nitrogen and oxygen atoms in total. The van der Waals surface area contributed by atoms with E-state index in [1.807, 2.05) is 0 Å². The summed E-state index contributed by atoms with van der Waals surface area (Å²) < 4.78 is 25.8. The van der Waals surface area contributed by atoms with Gasteiger partial charge in [0.1, 0.15) is 23.5 Å². The number of hydrogen-bond donors (Lipinski definition) is 0. The van der Waals surface area contributed by atoms with Crippen molar-refractivity contribution in [1.29, 1.82) is 0 Å². The van der Waals surface area contributed by atoms with Gasteiger partial charge in [-0.2, -0.15) is 5.10 Å². The first kappa shape index (κ1) is 19.2. The number of aromatic nitrogens is 5. The summed E-state index contributed by atoms with van der Waals surface area (Å²) in [5, 5.41) is 8.47. The van der Waals surface area contributed by atoms with E-state index in [0.29, 0.717) is 28.5 Å². The first-order valence-corrected chi connectivity index (χ1v) is 8.95. The Bertz CT molecular complexity index is 1160. The summed E-state index contributed by atoms with van der Waals surface area (Å²) in [7, 11) is 3.15. The van der Waals surface area contributed by atoms with E-state index in [9.17, 15) is 9.18 Å². The molecule has 0 saturated carbocycles. The normalized spacial score (nSPS) is 10.8. The molecule has 1 aromatic carbocycles. The number of hydrogen-bond acceptors (Lipinski definition) is 7. The predicted molar refractivity (Wildman–Crippen MR) is 104 cm³/mol. The van der Waals surface area contributed by atoms with Gasteiger partial charge in [-0.3, -0.25) is 4.68 Å². The number of carbonyl (C=O) groups excluding carboxylic acids is 1. The van der Waals surface area contributed by atoms with Crippen molar-refractivity contribution in [2.24, 2.45) is 0 Å². The molecule has 0 N–H and O–H groups in total. The van der Waals surface area contributed by atoms with Crippen molar-refractivity contribution in [3.63, 3.8) is 0 Å². The van der Waals surface area contributed by atoms with Gasteiger partial charge in [-0.25, -0.2) is 19.2 Å². The highest BCUT2D eigenvalue weighted by Gasteiger charge is 2.17. The number of nitrogens with zero attached hydrogens (tertiary/aromatic N) is 6. The lowest BCUT2D eigenvalue weighted by molar-refractivity contribution is 0.171. The molecule has 0 fully saturated rings. The molecule has 0 saturated heterocycles. The fraction of sp³-hybridized carbons (Fsp3) is 0.150. The topological polar surface area (TPSA) is 99.2 Å². The summed E-state index contributed by atoms with van der Waals surface area (Å²) in [6.45, 7) is 0.188. The van der Waals surface area contributed by atoms with Crippen LogP contribution in [0.5, 0.6) is 5.75 Å². The average Bonchev–Trinajstić information content (AvgIpc) is 3.40. The van der Waals surface area contributed by atoms with Gasteiger partial charge in [0.2, 0.25) is 0 Å². The number of carbonyl (C=O) groups is 1. The van der Waals surface area contributed by atoms with Crippen LogP contribution in [-0.4, -0.2) is 50.0 Å². The first-order chi connectivity index (χ1) is 14.5. The third-order valence-corrected chi connectivity index (χ3v) is 4.19. The maximum atomic E-state index is 14.1. The molecular formula is C20H17FN6O3. The van der Waals surface area contributed by atoms with E-state index in [1.54, 1.807) is 49.1 Å². The van der Waals surface area contributed by atoms with Crippen LogP contribution >= 0.6 is 0 Å². The van der Waals surface area contributed by atoms with Gasteiger partial charge in [-0.1, -0.05) is 23.4 Å². The molecule has 4 rings (SSSR count). The second kappa shape index (κ2) is 8.11. The van der Waals surface area contributed by atoms with E-state index in [-0.39, 0.29) is 18.1 Å². The van der Waals surface area contributed by atoms with Crippen molar-refractivity contribution in [2.75, 3.05) is 14.1 Å². The van der Waals surface area contributed by atoms with Gasteiger partial charge < -0.3 is 14.2 Å². The van der Waals surface area contributed by atoms with Gasteiger partial charge in [0.15, 0.2) is 11.6 Å². The summed E-state index contributed by atoms with van der Waals surface area (Å²) in [5.41, 5.74) is 2.09.